The van der Waals surface area contributed by atoms with Crippen molar-refractivity contribution in [1.29, 1.82) is 0 Å². The molecule has 0 aliphatic carbocycles. The number of carbonyl (C=O) groups excluding carboxylic acids is 2. The van der Waals surface area contributed by atoms with Crippen molar-refractivity contribution in [3.63, 3.8) is 0 Å². The van der Waals surface area contributed by atoms with Crippen molar-refractivity contribution in [2.45, 2.75) is 51.8 Å². The highest BCUT2D eigenvalue weighted by atomic mass is 16.5. The first-order valence-corrected chi connectivity index (χ1v) is 13.1. The Kier molecular flexibility index (Phi) is 9.33. The number of carbonyl (C=O) groups is 2. The van der Waals surface area contributed by atoms with E-state index in [1.54, 1.807) is 0 Å². The van der Waals surface area contributed by atoms with Gasteiger partial charge < -0.3 is 20.3 Å². The number of hydrogen-bond acceptors (Lipinski definition) is 4. The monoisotopic (exact) mass is 499 g/mol. The summed E-state index contributed by atoms with van der Waals surface area (Å²) in [6.45, 7) is 5.88. The molecule has 1 aliphatic rings. The second kappa shape index (κ2) is 13.1. The number of nitrogens with zero attached hydrogens (tertiary/aromatic N) is 1. The largest absolute Gasteiger partial charge is 0.470 e. The molecule has 2 N–H and O–H groups in total. The minimum Gasteiger partial charge on any atom is -0.470 e. The first-order valence-electron chi connectivity index (χ1n) is 13.1. The van der Waals surface area contributed by atoms with Gasteiger partial charge in [0.2, 0.25) is 11.8 Å². The van der Waals surface area contributed by atoms with Crippen molar-refractivity contribution in [1.82, 2.24) is 15.5 Å². The van der Waals surface area contributed by atoms with Gasteiger partial charge in [-0.25, -0.2) is 0 Å². The molecule has 1 aliphatic heterocycles. The molecule has 0 radical (unpaired) electrons. The fourth-order valence-electron chi connectivity index (χ4n) is 4.92. The molecule has 1 saturated heterocycles. The Morgan fingerprint density at radius 2 is 1.78 bits per heavy atom. The summed E-state index contributed by atoms with van der Waals surface area (Å²) in [4.78, 5) is 27.2. The van der Waals surface area contributed by atoms with Gasteiger partial charge in [0.1, 0.15) is 5.75 Å². The summed E-state index contributed by atoms with van der Waals surface area (Å²) >= 11 is 0. The average molecular weight is 500 g/mol. The molecule has 194 valence electrons. The third kappa shape index (κ3) is 7.92. The van der Waals surface area contributed by atoms with Crippen LogP contribution in [-0.2, 0) is 28.9 Å². The number of aryl methyl sites for hydroxylation is 2. The maximum atomic E-state index is 13.3. The van der Waals surface area contributed by atoms with E-state index in [9.17, 15) is 9.59 Å². The van der Waals surface area contributed by atoms with Crippen LogP contribution in [0.2, 0.25) is 0 Å². The molecule has 3 aromatic carbocycles. The van der Waals surface area contributed by atoms with Crippen LogP contribution in [0, 0.1) is 6.92 Å². The Labute approximate surface area is 220 Å². The van der Waals surface area contributed by atoms with Gasteiger partial charge in [0.05, 0.1) is 0 Å². The second-order valence-corrected chi connectivity index (χ2v) is 9.74. The standard InChI is InChI=1S/C31H37N3O3/c1-23-9-8-12-26(19-23)21-30(33-24(2)35)37-29-14-7-6-13-27(29)15-16-31(36)34-18-17-32-22-28(34)20-25-10-4-3-5-11-25/h3-14,19,28,30,32H,15-18,20-22H2,1-2H3,(H,33,35). The Morgan fingerprint density at radius 1 is 1.03 bits per heavy atom. The number of piperazine rings is 1. The van der Waals surface area contributed by atoms with Gasteiger partial charge in [-0.15, -0.1) is 0 Å². The van der Waals surface area contributed by atoms with Crippen LogP contribution in [0.4, 0.5) is 0 Å². The molecule has 2 amide bonds. The highest BCUT2D eigenvalue weighted by Crippen LogP contribution is 2.23. The molecule has 0 saturated carbocycles. The first kappa shape index (κ1) is 26.4. The minimum atomic E-state index is -0.500. The molecule has 4 rings (SSSR count). The molecule has 37 heavy (non-hydrogen) atoms. The zero-order chi connectivity index (χ0) is 26.0. The molecule has 0 spiro atoms. The summed E-state index contributed by atoms with van der Waals surface area (Å²) in [5.41, 5.74) is 4.46. The van der Waals surface area contributed by atoms with Gasteiger partial charge in [-0.1, -0.05) is 78.4 Å². The van der Waals surface area contributed by atoms with E-state index in [1.807, 2.05) is 72.5 Å². The van der Waals surface area contributed by atoms with E-state index in [-0.39, 0.29) is 17.9 Å². The van der Waals surface area contributed by atoms with Crippen LogP contribution in [0.15, 0.2) is 78.9 Å². The van der Waals surface area contributed by atoms with Gasteiger partial charge in [0.15, 0.2) is 6.23 Å². The van der Waals surface area contributed by atoms with Crippen molar-refractivity contribution < 1.29 is 14.3 Å². The van der Waals surface area contributed by atoms with Crippen molar-refractivity contribution in [2.75, 3.05) is 19.6 Å². The lowest BCUT2D eigenvalue weighted by Gasteiger charge is -2.36. The predicted octanol–water partition coefficient (Wildman–Crippen LogP) is 4.05. The zero-order valence-corrected chi connectivity index (χ0v) is 21.8. The van der Waals surface area contributed by atoms with Gasteiger partial charge in [0.25, 0.3) is 0 Å². The minimum absolute atomic E-state index is 0.145. The number of amides is 2. The summed E-state index contributed by atoms with van der Waals surface area (Å²) in [6, 6.07) is 26.5. The molecule has 0 aromatic heterocycles. The number of rotatable bonds is 10. The number of nitrogens with one attached hydrogen (secondary N) is 2. The van der Waals surface area contributed by atoms with Crippen molar-refractivity contribution in [2.24, 2.45) is 0 Å². The van der Waals surface area contributed by atoms with Crippen LogP contribution >= 0.6 is 0 Å². The van der Waals surface area contributed by atoms with Crippen molar-refractivity contribution in [3.05, 3.63) is 101 Å². The summed E-state index contributed by atoms with van der Waals surface area (Å²) in [5, 5.41) is 6.36. The lowest BCUT2D eigenvalue weighted by molar-refractivity contribution is -0.134. The van der Waals surface area contributed by atoms with Crippen LogP contribution in [0.1, 0.15) is 35.6 Å². The number of benzene rings is 3. The Morgan fingerprint density at radius 3 is 2.57 bits per heavy atom. The maximum Gasteiger partial charge on any atom is 0.223 e. The van der Waals surface area contributed by atoms with E-state index < -0.39 is 6.23 Å². The van der Waals surface area contributed by atoms with Crippen LogP contribution in [0.3, 0.4) is 0 Å². The highest BCUT2D eigenvalue weighted by molar-refractivity contribution is 5.77. The molecule has 2 atom stereocenters. The Balaban J connectivity index is 1.41. The van der Waals surface area contributed by atoms with Crippen molar-refractivity contribution >= 4 is 11.8 Å². The summed E-state index contributed by atoms with van der Waals surface area (Å²) in [7, 11) is 0. The molecule has 3 aromatic rings. The normalized spacial score (nSPS) is 16.2. The van der Waals surface area contributed by atoms with Crippen LogP contribution in [-0.4, -0.2) is 48.6 Å². The molecule has 0 bridgehead atoms. The SMILES string of the molecule is CC(=O)NC(Cc1cccc(C)c1)Oc1ccccc1CCC(=O)N1CCNCC1Cc1ccccc1. The number of hydrogen-bond donors (Lipinski definition) is 2. The van der Waals surface area contributed by atoms with Gasteiger partial charge in [0, 0.05) is 45.4 Å². The molecule has 1 fully saturated rings. The van der Waals surface area contributed by atoms with Gasteiger partial charge in [-0.2, -0.15) is 0 Å². The van der Waals surface area contributed by atoms with E-state index >= 15 is 0 Å². The summed E-state index contributed by atoms with van der Waals surface area (Å²) in [6.07, 6.45) is 1.88. The fourth-order valence-corrected chi connectivity index (χ4v) is 4.92. The Bertz CT molecular complexity index is 1180. The predicted molar refractivity (Wildman–Crippen MR) is 146 cm³/mol. The second-order valence-electron chi connectivity index (χ2n) is 9.74. The topological polar surface area (TPSA) is 70.7 Å². The van der Waals surface area contributed by atoms with Gasteiger partial charge in [-0.05, 0) is 42.5 Å². The quantitative estimate of drug-likeness (QED) is 0.413. The van der Waals surface area contributed by atoms with E-state index in [0.717, 1.165) is 42.7 Å². The molecule has 2 unspecified atom stereocenters. The third-order valence-corrected chi connectivity index (χ3v) is 6.70. The summed E-state index contributed by atoms with van der Waals surface area (Å²) in [5.74, 6) is 0.715. The lowest BCUT2D eigenvalue weighted by Crippen LogP contribution is -2.54. The van der Waals surface area contributed by atoms with Gasteiger partial charge in [-0.3, -0.25) is 9.59 Å². The highest BCUT2D eigenvalue weighted by Gasteiger charge is 2.26. The van der Waals surface area contributed by atoms with E-state index in [1.165, 1.54) is 12.5 Å². The number of para-hydroxylation sites is 1. The third-order valence-electron chi connectivity index (χ3n) is 6.70. The molecule has 6 nitrogen and oxygen atoms in total. The van der Waals surface area contributed by atoms with Crippen molar-refractivity contribution in [3.8, 4) is 5.75 Å². The smallest absolute Gasteiger partial charge is 0.223 e. The molecule has 6 heteroatoms. The Hall–Kier alpha value is -3.64. The van der Waals surface area contributed by atoms with Gasteiger partial charge >= 0.3 is 0 Å². The average Bonchev–Trinajstić information content (AvgIpc) is 2.88. The van der Waals surface area contributed by atoms with Crippen LogP contribution < -0.4 is 15.4 Å². The maximum absolute atomic E-state index is 13.3. The summed E-state index contributed by atoms with van der Waals surface area (Å²) < 4.78 is 6.31. The van der Waals surface area contributed by atoms with E-state index in [0.29, 0.717) is 25.0 Å². The zero-order valence-electron chi connectivity index (χ0n) is 21.8. The molecular weight excluding hydrogens is 462 g/mol. The first-order chi connectivity index (χ1) is 18.0. The van der Waals surface area contributed by atoms with E-state index in [4.69, 9.17) is 4.74 Å². The molecule has 1 heterocycles. The van der Waals surface area contributed by atoms with Crippen LogP contribution in [0.5, 0.6) is 5.75 Å². The van der Waals surface area contributed by atoms with Crippen LogP contribution in [0.25, 0.3) is 0 Å². The van der Waals surface area contributed by atoms with E-state index in [2.05, 4.69) is 28.8 Å². The fraction of sp³-hybridized carbons (Fsp3) is 0.355. The molecular formula is C31H37N3O3. The number of ether oxygens (including phenoxy) is 1. The lowest BCUT2D eigenvalue weighted by atomic mass is 10.0.